The van der Waals surface area contributed by atoms with Gasteiger partial charge in [0, 0.05) is 25.8 Å². The first-order valence-corrected chi connectivity index (χ1v) is 7.28. The molecule has 0 fully saturated rings. The van der Waals surface area contributed by atoms with Crippen LogP contribution in [0.1, 0.15) is 12.0 Å². The minimum absolute atomic E-state index is 0.0754. The number of ether oxygens (including phenoxy) is 1. The minimum atomic E-state index is -0.0754. The Morgan fingerprint density at radius 1 is 1.40 bits per heavy atom. The summed E-state index contributed by atoms with van der Waals surface area (Å²) in [5, 5.41) is 10.8. The van der Waals surface area contributed by atoms with Crippen LogP contribution in [0.25, 0.3) is 10.6 Å². The molecular weight excluding hydrogens is 272 g/mol. The van der Waals surface area contributed by atoms with Gasteiger partial charge in [0.25, 0.3) is 5.56 Å². The predicted octanol–water partition coefficient (Wildman–Crippen LogP) is 2.68. The summed E-state index contributed by atoms with van der Waals surface area (Å²) in [6, 6.07) is 9.68. The van der Waals surface area contributed by atoms with Gasteiger partial charge in [-0.15, -0.1) is 11.3 Å². The molecule has 2 rings (SSSR count). The number of aromatic nitrogens is 1. The Balaban J connectivity index is 2.43. The van der Waals surface area contributed by atoms with Gasteiger partial charge in [-0.2, -0.15) is 5.26 Å². The maximum Gasteiger partial charge on any atom is 0.255 e. The van der Waals surface area contributed by atoms with Gasteiger partial charge in [0.2, 0.25) is 0 Å². The van der Waals surface area contributed by atoms with Crippen molar-refractivity contribution in [1.29, 1.82) is 5.26 Å². The minimum Gasteiger partial charge on any atom is -0.385 e. The van der Waals surface area contributed by atoms with Crippen molar-refractivity contribution in [2.75, 3.05) is 13.7 Å². The highest BCUT2D eigenvalue weighted by Gasteiger charge is 2.10. The molecule has 2 aromatic rings. The van der Waals surface area contributed by atoms with Gasteiger partial charge >= 0.3 is 0 Å². The van der Waals surface area contributed by atoms with E-state index in [1.807, 2.05) is 29.6 Å². The van der Waals surface area contributed by atoms with Gasteiger partial charge in [-0.25, -0.2) is 0 Å². The van der Waals surface area contributed by atoms with Gasteiger partial charge in [-0.05, 0) is 23.9 Å². The number of nitrogens with zero attached hydrogens (tertiary/aromatic N) is 2. The molecule has 0 aromatic carbocycles. The Labute approximate surface area is 121 Å². The van der Waals surface area contributed by atoms with Crippen LogP contribution in [0.5, 0.6) is 0 Å². The number of methoxy groups -OCH3 is 1. The average Bonchev–Trinajstić information content (AvgIpc) is 2.97. The molecule has 0 aliphatic carbocycles. The second-order valence-electron chi connectivity index (χ2n) is 4.36. The maximum atomic E-state index is 12.4. The number of pyridine rings is 1. The summed E-state index contributed by atoms with van der Waals surface area (Å²) < 4.78 is 6.79. The van der Waals surface area contributed by atoms with E-state index in [2.05, 4.69) is 0 Å². The molecule has 0 radical (unpaired) electrons. The zero-order valence-corrected chi connectivity index (χ0v) is 12.2. The van der Waals surface area contributed by atoms with E-state index >= 15 is 0 Å². The number of rotatable bonds is 6. The van der Waals surface area contributed by atoms with Crippen LogP contribution < -0.4 is 5.56 Å². The molecule has 0 aliphatic rings. The van der Waals surface area contributed by atoms with Crippen molar-refractivity contribution in [3.8, 4) is 16.6 Å². The first kappa shape index (κ1) is 14.5. The van der Waals surface area contributed by atoms with Gasteiger partial charge < -0.3 is 9.30 Å². The standard InChI is InChI=1S/C15H16N2O2S/c1-19-10-3-9-17-13(14-4-2-11-20-14)6-5-12(7-8-16)15(17)18/h2,4-6,11H,3,7,9-10H2,1H3. The lowest BCUT2D eigenvalue weighted by Gasteiger charge is -2.13. The number of hydrogen-bond donors (Lipinski definition) is 0. The first-order chi connectivity index (χ1) is 9.77. The molecule has 2 heterocycles. The van der Waals surface area contributed by atoms with Crippen LogP contribution in [0.2, 0.25) is 0 Å². The van der Waals surface area contributed by atoms with Crippen LogP contribution in [0.3, 0.4) is 0 Å². The van der Waals surface area contributed by atoms with Crippen LogP contribution in [0.4, 0.5) is 0 Å². The van der Waals surface area contributed by atoms with Crippen molar-refractivity contribution in [1.82, 2.24) is 4.57 Å². The van der Waals surface area contributed by atoms with E-state index in [0.29, 0.717) is 18.7 Å². The highest BCUT2D eigenvalue weighted by Crippen LogP contribution is 2.24. The molecule has 0 atom stereocenters. The van der Waals surface area contributed by atoms with Crippen molar-refractivity contribution in [2.24, 2.45) is 0 Å². The zero-order chi connectivity index (χ0) is 14.4. The summed E-state index contributed by atoms with van der Waals surface area (Å²) >= 11 is 1.60. The molecule has 2 aromatic heterocycles. The van der Waals surface area contributed by atoms with Crippen LogP contribution >= 0.6 is 11.3 Å². The van der Waals surface area contributed by atoms with E-state index in [1.165, 1.54) is 0 Å². The monoisotopic (exact) mass is 288 g/mol. The van der Waals surface area contributed by atoms with E-state index in [0.717, 1.165) is 17.0 Å². The van der Waals surface area contributed by atoms with E-state index in [9.17, 15) is 4.79 Å². The zero-order valence-electron chi connectivity index (χ0n) is 11.3. The normalized spacial score (nSPS) is 10.4. The average molecular weight is 288 g/mol. The smallest absolute Gasteiger partial charge is 0.255 e. The van der Waals surface area contributed by atoms with Gasteiger partial charge in [0.05, 0.1) is 23.1 Å². The quantitative estimate of drug-likeness (QED) is 0.768. The molecule has 5 heteroatoms. The SMILES string of the molecule is COCCCn1c(-c2cccs2)ccc(CC#N)c1=O. The molecule has 0 unspecified atom stereocenters. The molecule has 0 N–H and O–H groups in total. The highest BCUT2D eigenvalue weighted by molar-refractivity contribution is 7.13. The van der Waals surface area contributed by atoms with E-state index in [4.69, 9.17) is 10.00 Å². The summed E-state index contributed by atoms with van der Waals surface area (Å²) in [6.07, 6.45) is 0.915. The van der Waals surface area contributed by atoms with Crippen molar-refractivity contribution in [3.63, 3.8) is 0 Å². The van der Waals surface area contributed by atoms with Gasteiger partial charge in [-0.3, -0.25) is 4.79 Å². The predicted molar refractivity (Wildman–Crippen MR) is 79.8 cm³/mol. The molecule has 4 nitrogen and oxygen atoms in total. The summed E-state index contributed by atoms with van der Waals surface area (Å²) in [4.78, 5) is 13.5. The third-order valence-electron chi connectivity index (χ3n) is 3.03. The van der Waals surface area contributed by atoms with Crippen molar-refractivity contribution < 1.29 is 4.74 Å². The second-order valence-corrected chi connectivity index (χ2v) is 5.31. The lowest BCUT2D eigenvalue weighted by molar-refractivity contribution is 0.190. The molecule has 0 bridgehead atoms. The van der Waals surface area contributed by atoms with Gasteiger partial charge in [0.1, 0.15) is 0 Å². The second kappa shape index (κ2) is 7.04. The topological polar surface area (TPSA) is 55.0 Å². The van der Waals surface area contributed by atoms with E-state index in [1.54, 1.807) is 29.1 Å². The largest absolute Gasteiger partial charge is 0.385 e. The maximum absolute atomic E-state index is 12.4. The molecule has 0 saturated carbocycles. The molecule has 0 aliphatic heterocycles. The summed E-state index contributed by atoms with van der Waals surface area (Å²) in [5.74, 6) is 0. The summed E-state index contributed by atoms with van der Waals surface area (Å²) in [7, 11) is 1.65. The van der Waals surface area contributed by atoms with Crippen molar-refractivity contribution >= 4 is 11.3 Å². The number of thiophene rings is 1. The third-order valence-corrected chi connectivity index (χ3v) is 3.92. The molecule has 0 spiro atoms. The Kier molecular flexibility index (Phi) is 5.10. The fourth-order valence-electron chi connectivity index (χ4n) is 2.07. The lowest BCUT2D eigenvalue weighted by Crippen LogP contribution is -2.25. The van der Waals surface area contributed by atoms with Crippen LogP contribution in [0.15, 0.2) is 34.4 Å². The molecule has 0 saturated heterocycles. The highest BCUT2D eigenvalue weighted by atomic mass is 32.1. The van der Waals surface area contributed by atoms with Crippen molar-refractivity contribution in [2.45, 2.75) is 19.4 Å². The third kappa shape index (κ3) is 3.16. The Hall–Kier alpha value is -1.90. The Morgan fingerprint density at radius 2 is 2.25 bits per heavy atom. The van der Waals surface area contributed by atoms with E-state index < -0.39 is 0 Å². The van der Waals surface area contributed by atoms with E-state index in [-0.39, 0.29) is 12.0 Å². The van der Waals surface area contributed by atoms with Gasteiger partial charge in [-0.1, -0.05) is 12.1 Å². The summed E-state index contributed by atoms with van der Waals surface area (Å²) in [6.45, 7) is 1.21. The Morgan fingerprint density at radius 3 is 2.90 bits per heavy atom. The fourth-order valence-corrected chi connectivity index (χ4v) is 2.83. The van der Waals surface area contributed by atoms with Gasteiger partial charge in [0.15, 0.2) is 0 Å². The van der Waals surface area contributed by atoms with Crippen LogP contribution in [0, 0.1) is 11.3 Å². The first-order valence-electron chi connectivity index (χ1n) is 6.40. The summed E-state index contributed by atoms with van der Waals surface area (Å²) in [5.41, 5.74) is 1.38. The van der Waals surface area contributed by atoms with Crippen LogP contribution in [-0.2, 0) is 17.7 Å². The molecule has 104 valence electrons. The number of nitriles is 1. The molecule has 20 heavy (non-hydrogen) atoms. The Bertz CT molecular complexity index is 653. The molecule has 0 amide bonds. The molecular formula is C15H16N2O2S. The fraction of sp³-hybridized carbons (Fsp3) is 0.333. The lowest BCUT2D eigenvalue weighted by atomic mass is 10.1. The van der Waals surface area contributed by atoms with Crippen LogP contribution in [-0.4, -0.2) is 18.3 Å². The number of hydrogen-bond acceptors (Lipinski definition) is 4. The van der Waals surface area contributed by atoms with Crippen molar-refractivity contribution in [3.05, 3.63) is 45.6 Å².